The number of piperidine rings is 1. The maximum atomic E-state index is 13.8. The van der Waals surface area contributed by atoms with E-state index in [1.54, 1.807) is 55.1 Å². The maximum Gasteiger partial charge on any atom is 0.416 e. The van der Waals surface area contributed by atoms with Crippen molar-refractivity contribution in [2.45, 2.75) is 32.0 Å². The maximum absolute atomic E-state index is 13.8. The van der Waals surface area contributed by atoms with E-state index in [4.69, 9.17) is 14.2 Å². The number of methoxy groups -OCH3 is 1. The largest absolute Gasteiger partial charge is 0.497 e. The van der Waals surface area contributed by atoms with Crippen LogP contribution in [0.25, 0.3) is 11.0 Å². The molecule has 4 heterocycles. The van der Waals surface area contributed by atoms with Gasteiger partial charge in [-0.1, -0.05) is 12.1 Å². The summed E-state index contributed by atoms with van der Waals surface area (Å²) in [5, 5.41) is 8.30. The lowest BCUT2D eigenvalue weighted by Gasteiger charge is -2.37. The molecule has 15 nitrogen and oxygen atoms in total. The summed E-state index contributed by atoms with van der Waals surface area (Å²) >= 11 is 0. The van der Waals surface area contributed by atoms with Crippen molar-refractivity contribution in [2.24, 2.45) is 0 Å². The van der Waals surface area contributed by atoms with Crippen LogP contribution in [-0.2, 0) is 27.5 Å². The number of nitrogens with zero attached hydrogens (tertiary/aromatic N) is 5. The monoisotopic (exact) mass is 670 g/mol. The Balaban J connectivity index is 1.14. The van der Waals surface area contributed by atoms with Crippen molar-refractivity contribution >= 4 is 46.3 Å². The molecule has 6 rings (SSSR count). The van der Waals surface area contributed by atoms with Gasteiger partial charge in [0.2, 0.25) is 5.91 Å². The molecule has 0 unspecified atom stereocenters. The van der Waals surface area contributed by atoms with Gasteiger partial charge in [-0.25, -0.2) is 14.8 Å². The van der Waals surface area contributed by atoms with Crippen LogP contribution in [0.3, 0.4) is 0 Å². The summed E-state index contributed by atoms with van der Waals surface area (Å²) in [5.74, 6) is 1.15. The van der Waals surface area contributed by atoms with E-state index >= 15 is 0 Å². The summed E-state index contributed by atoms with van der Waals surface area (Å²) in [6, 6.07) is 15.6. The molecular weight excluding hydrogens is 632 g/mol. The van der Waals surface area contributed by atoms with Gasteiger partial charge in [0.05, 0.1) is 30.9 Å². The van der Waals surface area contributed by atoms with Gasteiger partial charge >= 0.3 is 6.09 Å². The number of anilines is 3. The first-order valence-corrected chi connectivity index (χ1v) is 16.0. The van der Waals surface area contributed by atoms with Gasteiger partial charge in [0.15, 0.2) is 18.2 Å². The molecule has 1 saturated heterocycles. The fraction of sp³-hybridized carbons (Fsp3) is 0.353. The zero-order chi connectivity index (χ0) is 34.3. The average molecular weight is 671 g/mol. The Labute approximate surface area is 282 Å². The van der Waals surface area contributed by atoms with Gasteiger partial charge in [-0.05, 0) is 61.9 Å². The topological polar surface area (TPSA) is 169 Å². The lowest BCUT2D eigenvalue weighted by Crippen LogP contribution is -2.49. The highest BCUT2D eigenvalue weighted by atomic mass is 16.6. The Bertz CT molecular complexity index is 1890. The van der Waals surface area contributed by atoms with Crippen molar-refractivity contribution in [2.75, 3.05) is 62.5 Å². The van der Waals surface area contributed by atoms with Crippen LogP contribution in [0, 0.1) is 0 Å². The minimum atomic E-state index is -0.580. The molecule has 2 aromatic heterocycles. The van der Waals surface area contributed by atoms with E-state index in [1.165, 1.54) is 11.1 Å². The number of carbonyl (C=O) groups is 3. The van der Waals surface area contributed by atoms with Crippen molar-refractivity contribution < 1.29 is 28.6 Å². The number of pyridine rings is 1. The quantitative estimate of drug-likeness (QED) is 0.214. The van der Waals surface area contributed by atoms with Crippen LogP contribution in [0.2, 0.25) is 0 Å². The number of likely N-dealkylation sites (N-methyl/N-ethyl adjacent to an activating group) is 1. The van der Waals surface area contributed by atoms with E-state index in [1.807, 2.05) is 18.2 Å². The second kappa shape index (κ2) is 15.1. The highest BCUT2D eigenvalue weighted by Gasteiger charge is 2.32. The van der Waals surface area contributed by atoms with Gasteiger partial charge < -0.3 is 39.6 Å². The number of nitrogens with one attached hydrogen (secondary N) is 3. The van der Waals surface area contributed by atoms with E-state index in [0.717, 1.165) is 5.56 Å². The molecule has 3 amide bonds. The van der Waals surface area contributed by atoms with Crippen LogP contribution < -0.4 is 35.9 Å². The number of aromatic nitrogens is 3. The van der Waals surface area contributed by atoms with Crippen LogP contribution in [0.1, 0.15) is 18.4 Å². The molecule has 1 fully saturated rings. The molecule has 2 aliphatic rings. The van der Waals surface area contributed by atoms with E-state index in [-0.39, 0.29) is 49.0 Å². The zero-order valence-corrected chi connectivity index (χ0v) is 27.3. The Kier molecular flexibility index (Phi) is 10.3. The van der Waals surface area contributed by atoms with Crippen LogP contribution in [-0.4, -0.2) is 90.3 Å². The van der Waals surface area contributed by atoms with Crippen LogP contribution in [0.15, 0.2) is 65.6 Å². The third kappa shape index (κ3) is 7.96. The summed E-state index contributed by atoms with van der Waals surface area (Å²) in [7, 11) is 3.28. The fourth-order valence-electron chi connectivity index (χ4n) is 5.92. The molecule has 0 radical (unpaired) electrons. The number of amides is 3. The Hall–Kier alpha value is -5.54. The van der Waals surface area contributed by atoms with Crippen LogP contribution >= 0.6 is 0 Å². The number of ether oxygens (including phenoxy) is 3. The molecule has 0 spiro atoms. The summed E-state index contributed by atoms with van der Waals surface area (Å²) in [4.78, 5) is 63.0. The van der Waals surface area contributed by atoms with Gasteiger partial charge in [-0.3, -0.25) is 19.3 Å². The third-order valence-electron chi connectivity index (χ3n) is 8.46. The number of benzene rings is 2. The Morgan fingerprint density at radius 2 is 1.86 bits per heavy atom. The first-order chi connectivity index (χ1) is 23.8. The van der Waals surface area contributed by atoms with E-state index in [0.29, 0.717) is 73.1 Å². The number of rotatable bonds is 11. The molecule has 0 atom stereocenters. The lowest BCUT2D eigenvalue weighted by molar-refractivity contribution is -0.118. The summed E-state index contributed by atoms with van der Waals surface area (Å²) < 4.78 is 18.3. The molecule has 2 aromatic carbocycles. The Morgan fingerprint density at radius 3 is 2.61 bits per heavy atom. The molecule has 4 aromatic rings. The molecule has 2 aliphatic heterocycles. The fourth-order valence-corrected chi connectivity index (χ4v) is 5.92. The van der Waals surface area contributed by atoms with E-state index < -0.39 is 6.09 Å². The normalized spacial score (nSPS) is 14.8. The lowest BCUT2D eigenvalue weighted by atomic mass is 10.0. The van der Waals surface area contributed by atoms with Gasteiger partial charge in [-0.2, -0.15) is 0 Å². The van der Waals surface area contributed by atoms with Gasteiger partial charge in [0.25, 0.3) is 11.5 Å². The first kappa shape index (κ1) is 33.4. The van der Waals surface area contributed by atoms with Crippen LogP contribution in [0.5, 0.6) is 11.5 Å². The average Bonchev–Trinajstić information content (AvgIpc) is 3.11. The van der Waals surface area contributed by atoms with E-state index in [2.05, 4.69) is 30.8 Å². The molecule has 0 saturated carbocycles. The molecular formula is C34H38N8O7. The van der Waals surface area contributed by atoms with Crippen molar-refractivity contribution in [3.8, 4) is 11.5 Å². The number of carbonyl (C=O) groups excluding carboxylic acids is 3. The van der Waals surface area contributed by atoms with Crippen LogP contribution in [0.4, 0.5) is 22.1 Å². The standard InChI is InChI=1S/C34H38N8O7/c1-35-18-30(43)37-23-5-3-22(4-6-23)20-49-34(46)42(29-10-9-28-33(38-29)39-31(44)21-48-28)24-11-13-40(14-12-24)15-16-41-27-17-25(47-2)7-8-26(27)36-19-32(41)45/h3-10,17,19,24,35H,11-16,18,20-21H2,1-2H3,(H,37,43)(H,38,39,44). The molecule has 256 valence electrons. The van der Waals surface area contributed by atoms with Gasteiger partial charge in [-0.15, -0.1) is 0 Å². The van der Waals surface area contributed by atoms with Gasteiger partial charge in [0.1, 0.15) is 18.2 Å². The number of fused-ring (bicyclic) bond motifs is 2. The number of likely N-dealkylation sites (tertiary alicyclic amines) is 1. The predicted octanol–water partition coefficient (Wildman–Crippen LogP) is 2.60. The highest BCUT2D eigenvalue weighted by Crippen LogP contribution is 2.31. The molecule has 49 heavy (non-hydrogen) atoms. The Morgan fingerprint density at radius 1 is 1.06 bits per heavy atom. The van der Waals surface area contributed by atoms with Crippen molar-refractivity contribution in [1.29, 1.82) is 0 Å². The van der Waals surface area contributed by atoms with Crippen molar-refractivity contribution in [3.05, 3.63) is 76.7 Å². The molecule has 15 heteroatoms. The SMILES string of the molecule is CNCC(=O)Nc1ccc(COC(=O)N(c2ccc3c(n2)NC(=O)CO3)C2CCN(CCn3c(=O)cnc4ccc(OC)cc43)CC2)cc1. The van der Waals surface area contributed by atoms with Crippen molar-refractivity contribution in [1.82, 2.24) is 24.8 Å². The second-order valence-corrected chi connectivity index (χ2v) is 11.7. The predicted molar refractivity (Wildman–Crippen MR) is 182 cm³/mol. The smallest absolute Gasteiger partial charge is 0.416 e. The minimum absolute atomic E-state index is 0.00311. The zero-order valence-electron chi connectivity index (χ0n) is 27.3. The minimum Gasteiger partial charge on any atom is -0.497 e. The second-order valence-electron chi connectivity index (χ2n) is 11.7. The van der Waals surface area contributed by atoms with Crippen molar-refractivity contribution in [3.63, 3.8) is 0 Å². The highest BCUT2D eigenvalue weighted by molar-refractivity contribution is 5.95. The van der Waals surface area contributed by atoms with Gasteiger partial charge in [0, 0.05) is 44.0 Å². The molecule has 0 bridgehead atoms. The third-order valence-corrected chi connectivity index (χ3v) is 8.46. The molecule has 3 N–H and O–H groups in total. The first-order valence-electron chi connectivity index (χ1n) is 16.0. The summed E-state index contributed by atoms with van der Waals surface area (Å²) in [6.07, 6.45) is 2.00. The number of hydrogen-bond acceptors (Lipinski definition) is 11. The van der Waals surface area contributed by atoms with E-state index in [9.17, 15) is 19.2 Å². The molecule has 0 aliphatic carbocycles. The summed E-state index contributed by atoms with van der Waals surface area (Å²) in [6.45, 7) is 2.51. The number of hydrogen-bond donors (Lipinski definition) is 3. The summed E-state index contributed by atoms with van der Waals surface area (Å²) in [5.41, 5.74) is 2.60.